The van der Waals surface area contributed by atoms with Crippen molar-refractivity contribution in [3.05, 3.63) is 23.8 Å². The number of rotatable bonds is 4. The maximum absolute atomic E-state index is 12.8. The standard InChI is InChI=1S/C20H26N2O5/c23-19(15-3-4-17-18(12-15)27-11-10-26-17)14-5-7-22(8-6-14)20(24)21-13-16-2-1-9-25-16/h3-4,12,14,16H,1-2,5-11,13H2,(H,21,24)/t16-/m1/s1. The zero-order chi connectivity index (χ0) is 18.6. The average molecular weight is 374 g/mol. The minimum Gasteiger partial charge on any atom is -0.486 e. The second-order valence-corrected chi connectivity index (χ2v) is 7.31. The van der Waals surface area contributed by atoms with E-state index in [1.807, 2.05) is 0 Å². The summed E-state index contributed by atoms with van der Waals surface area (Å²) in [4.78, 5) is 26.9. The van der Waals surface area contributed by atoms with Crippen LogP contribution in [0.25, 0.3) is 0 Å². The molecule has 146 valence electrons. The summed E-state index contributed by atoms with van der Waals surface area (Å²) >= 11 is 0. The fraction of sp³-hybridized carbons (Fsp3) is 0.600. The van der Waals surface area contributed by atoms with Gasteiger partial charge in [-0.05, 0) is 43.9 Å². The summed E-state index contributed by atoms with van der Waals surface area (Å²) < 4.78 is 16.6. The highest BCUT2D eigenvalue weighted by atomic mass is 16.6. The Morgan fingerprint density at radius 2 is 1.81 bits per heavy atom. The van der Waals surface area contributed by atoms with Crippen LogP contribution in [0.4, 0.5) is 4.79 Å². The minimum absolute atomic E-state index is 0.0595. The number of piperidine rings is 1. The molecule has 1 atom stereocenters. The quantitative estimate of drug-likeness (QED) is 0.818. The van der Waals surface area contributed by atoms with Crippen molar-refractivity contribution in [2.45, 2.75) is 31.8 Å². The Labute approximate surface area is 158 Å². The van der Waals surface area contributed by atoms with Crippen molar-refractivity contribution in [1.82, 2.24) is 10.2 Å². The van der Waals surface area contributed by atoms with Gasteiger partial charge in [-0.1, -0.05) is 0 Å². The number of hydrogen-bond acceptors (Lipinski definition) is 5. The maximum atomic E-state index is 12.8. The highest BCUT2D eigenvalue weighted by Crippen LogP contribution is 2.32. The lowest BCUT2D eigenvalue weighted by molar-refractivity contribution is 0.0847. The number of ketones is 1. The SMILES string of the molecule is O=C(c1ccc2c(c1)OCCO2)C1CCN(C(=O)NC[C@H]2CCCO2)CC1. The van der Waals surface area contributed by atoms with Crippen molar-refractivity contribution in [2.75, 3.05) is 39.5 Å². The molecule has 0 unspecified atom stereocenters. The molecule has 0 aromatic heterocycles. The van der Waals surface area contributed by atoms with Crippen LogP contribution in [0.1, 0.15) is 36.0 Å². The van der Waals surface area contributed by atoms with E-state index in [1.54, 1.807) is 23.1 Å². The van der Waals surface area contributed by atoms with E-state index in [0.717, 1.165) is 19.4 Å². The van der Waals surface area contributed by atoms with Crippen LogP contribution < -0.4 is 14.8 Å². The molecule has 0 radical (unpaired) electrons. The number of ether oxygens (including phenoxy) is 3. The van der Waals surface area contributed by atoms with Gasteiger partial charge in [-0.2, -0.15) is 0 Å². The first kappa shape index (κ1) is 18.1. The fourth-order valence-corrected chi connectivity index (χ4v) is 3.90. The predicted octanol–water partition coefficient (Wildman–Crippen LogP) is 2.24. The molecule has 27 heavy (non-hydrogen) atoms. The molecule has 2 saturated heterocycles. The number of fused-ring (bicyclic) bond motifs is 1. The molecule has 2 amide bonds. The van der Waals surface area contributed by atoms with Gasteiger partial charge in [0.1, 0.15) is 13.2 Å². The number of nitrogens with one attached hydrogen (secondary N) is 1. The van der Waals surface area contributed by atoms with E-state index in [0.29, 0.717) is 62.8 Å². The fourth-order valence-electron chi connectivity index (χ4n) is 3.90. The number of hydrogen-bond donors (Lipinski definition) is 1. The minimum atomic E-state index is -0.0604. The zero-order valence-electron chi connectivity index (χ0n) is 15.4. The van der Waals surface area contributed by atoms with Crippen LogP contribution in [-0.2, 0) is 4.74 Å². The van der Waals surface area contributed by atoms with Gasteiger partial charge in [0.2, 0.25) is 0 Å². The molecule has 1 aromatic carbocycles. The molecule has 0 saturated carbocycles. The summed E-state index contributed by atoms with van der Waals surface area (Å²) in [6, 6.07) is 5.32. The van der Waals surface area contributed by atoms with Gasteiger partial charge in [-0.3, -0.25) is 4.79 Å². The molecule has 4 rings (SSSR count). The third kappa shape index (κ3) is 4.18. The zero-order valence-corrected chi connectivity index (χ0v) is 15.4. The van der Waals surface area contributed by atoms with Gasteiger partial charge in [0.25, 0.3) is 0 Å². The molecule has 0 bridgehead atoms. The van der Waals surface area contributed by atoms with Gasteiger partial charge in [-0.15, -0.1) is 0 Å². The van der Waals surface area contributed by atoms with E-state index in [2.05, 4.69) is 5.32 Å². The highest BCUT2D eigenvalue weighted by Gasteiger charge is 2.29. The third-order valence-electron chi connectivity index (χ3n) is 5.48. The van der Waals surface area contributed by atoms with Crippen LogP contribution in [0, 0.1) is 5.92 Å². The van der Waals surface area contributed by atoms with Crippen molar-refractivity contribution >= 4 is 11.8 Å². The van der Waals surface area contributed by atoms with Crippen molar-refractivity contribution in [1.29, 1.82) is 0 Å². The molecule has 2 fully saturated rings. The lowest BCUT2D eigenvalue weighted by Crippen LogP contribution is -2.47. The van der Waals surface area contributed by atoms with Crippen LogP contribution in [0.5, 0.6) is 11.5 Å². The van der Waals surface area contributed by atoms with E-state index in [9.17, 15) is 9.59 Å². The Bertz CT molecular complexity index is 694. The van der Waals surface area contributed by atoms with E-state index in [4.69, 9.17) is 14.2 Å². The molecule has 3 aliphatic heterocycles. The monoisotopic (exact) mass is 374 g/mol. The summed E-state index contributed by atoms with van der Waals surface area (Å²) in [7, 11) is 0. The Kier molecular flexibility index (Phi) is 5.48. The highest BCUT2D eigenvalue weighted by molar-refractivity contribution is 5.98. The van der Waals surface area contributed by atoms with Crippen LogP contribution >= 0.6 is 0 Å². The van der Waals surface area contributed by atoms with Crippen LogP contribution in [0.15, 0.2) is 18.2 Å². The molecule has 0 aliphatic carbocycles. The summed E-state index contributed by atoms with van der Waals surface area (Å²) in [6.45, 7) is 3.58. The third-order valence-corrected chi connectivity index (χ3v) is 5.48. The molecular formula is C20H26N2O5. The average Bonchev–Trinajstić information content (AvgIpc) is 3.25. The number of likely N-dealkylation sites (tertiary alicyclic amines) is 1. The number of amides is 2. The molecule has 1 N–H and O–H groups in total. The molecule has 3 heterocycles. The molecule has 1 aromatic rings. The number of nitrogens with zero attached hydrogens (tertiary/aromatic N) is 1. The Balaban J connectivity index is 1.28. The van der Waals surface area contributed by atoms with Gasteiger partial charge in [0.15, 0.2) is 17.3 Å². The van der Waals surface area contributed by atoms with Crippen LogP contribution in [-0.4, -0.2) is 62.3 Å². The normalized spacial score (nSPS) is 22.5. The number of urea groups is 1. The van der Waals surface area contributed by atoms with Crippen LogP contribution in [0.2, 0.25) is 0 Å². The van der Waals surface area contributed by atoms with E-state index in [1.165, 1.54) is 0 Å². The number of benzene rings is 1. The van der Waals surface area contributed by atoms with E-state index in [-0.39, 0.29) is 23.8 Å². The molecule has 0 spiro atoms. The van der Waals surface area contributed by atoms with Gasteiger partial charge in [0, 0.05) is 37.7 Å². The summed E-state index contributed by atoms with van der Waals surface area (Å²) in [5.74, 6) is 1.38. The van der Waals surface area contributed by atoms with Crippen molar-refractivity contribution in [2.24, 2.45) is 5.92 Å². The Morgan fingerprint density at radius 1 is 1.04 bits per heavy atom. The Morgan fingerprint density at radius 3 is 2.56 bits per heavy atom. The first-order valence-electron chi connectivity index (χ1n) is 9.79. The first-order chi connectivity index (χ1) is 13.2. The number of carbonyl (C=O) groups excluding carboxylic acids is 2. The predicted molar refractivity (Wildman–Crippen MR) is 98.4 cm³/mol. The number of Topliss-reactive ketones (excluding diaryl/α,β-unsaturated/α-hetero) is 1. The van der Waals surface area contributed by atoms with Crippen molar-refractivity contribution < 1.29 is 23.8 Å². The van der Waals surface area contributed by atoms with Crippen molar-refractivity contribution in [3.63, 3.8) is 0 Å². The number of carbonyl (C=O) groups is 2. The summed E-state index contributed by atoms with van der Waals surface area (Å²) in [5, 5.41) is 2.95. The van der Waals surface area contributed by atoms with Gasteiger partial charge >= 0.3 is 6.03 Å². The molecule has 3 aliphatic rings. The second-order valence-electron chi connectivity index (χ2n) is 7.31. The van der Waals surface area contributed by atoms with Crippen LogP contribution in [0.3, 0.4) is 0 Å². The van der Waals surface area contributed by atoms with E-state index < -0.39 is 0 Å². The van der Waals surface area contributed by atoms with E-state index >= 15 is 0 Å². The van der Waals surface area contributed by atoms with Crippen molar-refractivity contribution in [3.8, 4) is 11.5 Å². The molecular weight excluding hydrogens is 348 g/mol. The van der Waals surface area contributed by atoms with Gasteiger partial charge < -0.3 is 24.4 Å². The molecule has 7 nitrogen and oxygen atoms in total. The largest absolute Gasteiger partial charge is 0.486 e. The lowest BCUT2D eigenvalue weighted by atomic mass is 9.89. The summed E-state index contributed by atoms with van der Waals surface area (Å²) in [5.41, 5.74) is 0.653. The molecule has 7 heteroatoms. The van der Waals surface area contributed by atoms with Gasteiger partial charge in [0.05, 0.1) is 6.10 Å². The first-order valence-corrected chi connectivity index (χ1v) is 9.79. The Hall–Kier alpha value is -2.28. The maximum Gasteiger partial charge on any atom is 0.317 e. The second kappa shape index (κ2) is 8.17. The smallest absolute Gasteiger partial charge is 0.317 e. The topological polar surface area (TPSA) is 77.1 Å². The lowest BCUT2D eigenvalue weighted by Gasteiger charge is -2.31. The summed E-state index contributed by atoms with van der Waals surface area (Å²) in [6.07, 6.45) is 3.57. The van der Waals surface area contributed by atoms with Gasteiger partial charge in [-0.25, -0.2) is 4.79 Å².